The molecule has 3 aliphatic rings. The van der Waals surface area contributed by atoms with Gasteiger partial charge in [-0.3, -0.25) is 14.4 Å². The Kier molecular flexibility index (Phi) is 9.94. The van der Waals surface area contributed by atoms with Crippen LogP contribution >= 0.6 is 27.5 Å². The number of rotatable bonds is 12. The smallest absolute Gasteiger partial charge is 0.253 e. The topological polar surface area (TPSA) is 90.4 Å². The van der Waals surface area contributed by atoms with Gasteiger partial charge in [0.15, 0.2) is 0 Å². The summed E-state index contributed by atoms with van der Waals surface area (Å²) in [5.74, 6) is -2.92. The number of likely N-dealkylation sites (tertiary alicyclic amines) is 1. The quantitative estimate of drug-likeness (QED) is 0.232. The first-order valence-electron chi connectivity index (χ1n) is 15.5. The highest BCUT2D eigenvalue weighted by Crippen LogP contribution is 2.61. The molecule has 3 unspecified atom stereocenters. The van der Waals surface area contributed by atoms with Crippen molar-refractivity contribution in [3.05, 3.63) is 84.4 Å². The molecule has 2 aromatic carbocycles. The molecule has 3 aliphatic heterocycles. The van der Waals surface area contributed by atoms with Gasteiger partial charge in [-0.05, 0) is 43.0 Å². The lowest BCUT2D eigenvalue weighted by Gasteiger charge is -2.41. The Balaban J connectivity index is 1.67. The van der Waals surface area contributed by atoms with Crippen molar-refractivity contribution in [1.82, 2.24) is 4.90 Å². The Morgan fingerprint density at radius 1 is 1.13 bits per heavy atom. The number of ether oxygens (including phenoxy) is 1. The van der Waals surface area contributed by atoms with Gasteiger partial charge in [0.25, 0.3) is 5.91 Å². The van der Waals surface area contributed by atoms with Crippen molar-refractivity contribution >= 4 is 56.6 Å². The number of alkyl halides is 1. The molecule has 3 heterocycles. The van der Waals surface area contributed by atoms with E-state index in [1.807, 2.05) is 63.2 Å². The van der Waals surface area contributed by atoms with Crippen LogP contribution in [0, 0.1) is 24.7 Å². The van der Waals surface area contributed by atoms with Gasteiger partial charge in [-0.1, -0.05) is 90.3 Å². The molecule has 8 nitrogen and oxygen atoms in total. The van der Waals surface area contributed by atoms with Crippen molar-refractivity contribution in [2.24, 2.45) is 17.8 Å². The number of benzene rings is 2. The van der Waals surface area contributed by atoms with Crippen LogP contribution in [0.3, 0.4) is 0 Å². The van der Waals surface area contributed by atoms with E-state index in [2.05, 4.69) is 29.1 Å². The monoisotopic (exact) mass is 697 g/mol. The number of carbonyl (C=O) groups excluding carboxylic acids is 3. The van der Waals surface area contributed by atoms with Gasteiger partial charge in [0, 0.05) is 23.6 Å². The molecule has 3 amide bonds. The van der Waals surface area contributed by atoms with E-state index in [0.717, 1.165) is 5.56 Å². The summed E-state index contributed by atoms with van der Waals surface area (Å²) < 4.78 is 6.79. The number of aliphatic hydroxyl groups is 1. The summed E-state index contributed by atoms with van der Waals surface area (Å²) in [5.41, 5.74) is 0.685. The molecule has 3 fully saturated rings. The van der Waals surface area contributed by atoms with Crippen molar-refractivity contribution < 1.29 is 24.2 Å². The van der Waals surface area contributed by atoms with Crippen LogP contribution in [0.15, 0.2) is 73.8 Å². The molecular formula is C35H41BrClN3O5. The molecule has 240 valence electrons. The number of para-hydroxylation sites is 2. The van der Waals surface area contributed by atoms with E-state index in [-0.39, 0.29) is 48.2 Å². The highest BCUT2D eigenvalue weighted by atomic mass is 79.9. The molecular weight excluding hydrogens is 658 g/mol. The summed E-state index contributed by atoms with van der Waals surface area (Å²) in [4.78, 5) is 48.8. The van der Waals surface area contributed by atoms with Gasteiger partial charge < -0.3 is 24.5 Å². The maximum absolute atomic E-state index is 15.0. The first-order valence-corrected chi connectivity index (χ1v) is 16.8. The molecule has 1 spiro atoms. The third-order valence-electron chi connectivity index (χ3n) is 9.77. The van der Waals surface area contributed by atoms with Gasteiger partial charge >= 0.3 is 0 Å². The van der Waals surface area contributed by atoms with E-state index in [9.17, 15) is 14.7 Å². The number of nitrogens with zero attached hydrogens (tertiary/aromatic N) is 3. The van der Waals surface area contributed by atoms with E-state index in [1.165, 1.54) is 4.90 Å². The number of hydrogen-bond acceptors (Lipinski definition) is 5. The first-order chi connectivity index (χ1) is 21.6. The summed E-state index contributed by atoms with van der Waals surface area (Å²) in [7, 11) is 0. The zero-order valence-electron chi connectivity index (χ0n) is 25.9. The van der Waals surface area contributed by atoms with Gasteiger partial charge in [0.1, 0.15) is 11.6 Å². The second kappa shape index (κ2) is 13.4. The molecule has 2 bridgehead atoms. The van der Waals surface area contributed by atoms with Gasteiger partial charge in [0.05, 0.1) is 41.3 Å². The molecule has 10 heteroatoms. The standard InChI is InChI=1S/C35H41BrClN3O5/c1-6-17-38(23-14-10-9-11-15-23)32(42)27-28-33(43)40(26(20-41)21(4)8-3)31(35(28)19-24(36)30(27)45-35)34(44)39(18-7-2)29-22(5)13-12-16-25(29)37/h6-7,9-16,21,24,26-28,30-31,41H,1-2,8,17-20H2,3-5H3/t21-,24?,26-,27+,28-,30+,31?,35?/m0/s1. The highest BCUT2D eigenvalue weighted by molar-refractivity contribution is 9.09. The first kappa shape index (κ1) is 33.4. The Bertz CT molecular complexity index is 1450. The minimum absolute atomic E-state index is 0.132. The molecule has 0 aromatic heterocycles. The second-order valence-corrected chi connectivity index (χ2v) is 13.8. The zero-order chi connectivity index (χ0) is 32.6. The number of carbonyl (C=O) groups is 3. The van der Waals surface area contributed by atoms with Gasteiger partial charge in [-0.25, -0.2) is 0 Å². The molecule has 8 atom stereocenters. The molecule has 5 rings (SSSR count). The lowest BCUT2D eigenvalue weighted by molar-refractivity contribution is -0.145. The average Bonchev–Trinajstić information content (AvgIpc) is 3.62. The van der Waals surface area contributed by atoms with Crippen molar-refractivity contribution in [2.45, 2.75) is 62.2 Å². The average molecular weight is 699 g/mol. The van der Waals surface area contributed by atoms with Crippen LogP contribution in [0.2, 0.25) is 5.02 Å². The molecule has 2 aromatic rings. The number of amides is 3. The van der Waals surface area contributed by atoms with E-state index < -0.39 is 35.6 Å². The zero-order valence-corrected chi connectivity index (χ0v) is 28.3. The number of anilines is 2. The third-order valence-corrected chi connectivity index (χ3v) is 10.9. The van der Waals surface area contributed by atoms with Crippen LogP contribution in [0.4, 0.5) is 11.4 Å². The molecule has 0 aliphatic carbocycles. The molecule has 1 N–H and O–H groups in total. The molecule has 3 saturated heterocycles. The van der Waals surface area contributed by atoms with Gasteiger partial charge in [-0.15, -0.1) is 13.2 Å². The maximum Gasteiger partial charge on any atom is 0.253 e. The highest BCUT2D eigenvalue weighted by Gasteiger charge is 2.77. The van der Waals surface area contributed by atoms with Crippen LogP contribution < -0.4 is 9.80 Å². The van der Waals surface area contributed by atoms with E-state index in [1.54, 1.807) is 28.0 Å². The Labute approximate surface area is 278 Å². The van der Waals surface area contributed by atoms with Crippen molar-refractivity contribution in [2.75, 3.05) is 29.5 Å². The fraction of sp³-hybridized carbons (Fsp3) is 0.457. The Morgan fingerprint density at radius 2 is 1.80 bits per heavy atom. The van der Waals surface area contributed by atoms with E-state index in [4.69, 9.17) is 16.3 Å². The molecule has 0 saturated carbocycles. The van der Waals surface area contributed by atoms with E-state index >= 15 is 4.79 Å². The molecule has 45 heavy (non-hydrogen) atoms. The lowest BCUT2D eigenvalue weighted by atomic mass is 9.70. The van der Waals surface area contributed by atoms with E-state index in [0.29, 0.717) is 29.2 Å². The van der Waals surface area contributed by atoms with Gasteiger partial charge in [0.2, 0.25) is 11.8 Å². The Morgan fingerprint density at radius 3 is 2.40 bits per heavy atom. The minimum atomic E-state index is -1.31. The van der Waals surface area contributed by atoms with Crippen LogP contribution in [0.25, 0.3) is 0 Å². The summed E-state index contributed by atoms with van der Waals surface area (Å²) in [6, 6.07) is 12.9. The summed E-state index contributed by atoms with van der Waals surface area (Å²) in [5, 5.41) is 11.1. The third kappa shape index (κ3) is 5.45. The van der Waals surface area contributed by atoms with Crippen LogP contribution in [0.5, 0.6) is 0 Å². The van der Waals surface area contributed by atoms with Crippen LogP contribution in [0.1, 0.15) is 32.3 Å². The summed E-state index contributed by atoms with van der Waals surface area (Å²) >= 11 is 10.5. The normalized spacial score (nSPS) is 28.0. The van der Waals surface area contributed by atoms with Gasteiger partial charge in [-0.2, -0.15) is 0 Å². The maximum atomic E-state index is 15.0. The fourth-order valence-electron chi connectivity index (χ4n) is 7.57. The summed E-state index contributed by atoms with van der Waals surface area (Å²) in [6.45, 7) is 13.6. The second-order valence-electron chi connectivity index (χ2n) is 12.3. The van der Waals surface area contributed by atoms with Crippen molar-refractivity contribution in [1.29, 1.82) is 0 Å². The predicted octanol–water partition coefficient (Wildman–Crippen LogP) is 5.54. The SMILES string of the molecule is C=CCN(C(=O)[C@H]1[C@@H]2OC3(CC2Br)C(C(=O)N(CC=C)c2c(C)cccc2Cl)N([C@@H](CO)[C@@H](C)CC)C(=O)[C@H]13)c1ccccc1. The lowest BCUT2D eigenvalue weighted by Crippen LogP contribution is -2.60. The van der Waals surface area contributed by atoms with Crippen molar-refractivity contribution in [3.63, 3.8) is 0 Å². The minimum Gasteiger partial charge on any atom is -0.394 e. The fourth-order valence-corrected chi connectivity index (χ4v) is 8.84. The number of hydrogen-bond donors (Lipinski definition) is 1. The largest absolute Gasteiger partial charge is 0.394 e. The summed E-state index contributed by atoms with van der Waals surface area (Å²) in [6.07, 6.45) is 3.65. The number of aliphatic hydroxyl groups excluding tert-OH is 1. The van der Waals surface area contributed by atoms with Crippen molar-refractivity contribution in [3.8, 4) is 0 Å². The predicted molar refractivity (Wildman–Crippen MR) is 181 cm³/mol. The molecule has 0 radical (unpaired) electrons. The number of fused-ring (bicyclic) bond motifs is 1. The Hall–Kier alpha value is -2.98. The number of aryl methyl sites for hydroxylation is 1. The van der Waals surface area contributed by atoms with Crippen LogP contribution in [-0.4, -0.2) is 76.0 Å². The van der Waals surface area contributed by atoms with Crippen LogP contribution in [-0.2, 0) is 19.1 Å². The number of halogens is 2.